The van der Waals surface area contributed by atoms with Gasteiger partial charge in [-0.05, 0) is 57.8 Å². The molecular formula is C67H125NO8. The van der Waals surface area contributed by atoms with Gasteiger partial charge < -0.3 is 40.3 Å². The Kier molecular flexibility index (Phi) is 53.6. The minimum atomic E-state index is -1.57. The smallest absolute Gasteiger partial charge is 0.220 e. The van der Waals surface area contributed by atoms with Crippen LogP contribution in [0.25, 0.3) is 0 Å². The Balaban J connectivity index is 2.07. The highest BCUT2D eigenvalue weighted by Crippen LogP contribution is 2.23. The molecule has 0 aromatic heterocycles. The van der Waals surface area contributed by atoms with E-state index in [2.05, 4.69) is 55.6 Å². The summed E-state index contributed by atoms with van der Waals surface area (Å²) in [6, 6.07) is -0.804. The molecule has 1 heterocycles. The predicted octanol–water partition coefficient (Wildman–Crippen LogP) is 17.2. The van der Waals surface area contributed by atoms with E-state index >= 15 is 0 Å². The van der Waals surface area contributed by atoms with Gasteiger partial charge in [-0.2, -0.15) is 0 Å². The fourth-order valence-electron chi connectivity index (χ4n) is 10.5. The van der Waals surface area contributed by atoms with Crippen LogP contribution in [-0.4, -0.2) is 87.5 Å². The Morgan fingerprint density at radius 3 is 1.14 bits per heavy atom. The summed E-state index contributed by atoms with van der Waals surface area (Å²) in [4.78, 5) is 13.1. The van der Waals surface area contributed by atoms with Gasteiger partial charge >= 0.3 is 0 Å². The average Bonchev–Trinajstić information content (AvgIpc) is 3.42. The molecule has 1 saturated heterocycles. The van der Waals surface area contributed by atoms with Gasteiger partial charge in [0.15, 0.2) is 6.29 Å². The monoisotopic (exact) mass is 1070 g/mol. The van der Waals surface area contributed by atoms with Crippen LogP contribution in [0.2, 0.25) is 0 Å². The Labute approximate surface area is 469 Å². The van der Waals surface area contributed by atoms with Crippen molar-refractivity contribution in [3.05, 3.63) is 48.6 Å². The van der Waals surface area contributed by atoms with Gasteiger partial charge in [-0.1, -0.05) is 300 Å². The fourth-order valence-corrected chi connectivity index (χ4v) is 10.5. The van der Waals surface area contributed by atoms with Gasteiger partial charge in [0, 0.05) is 6.42 Å². The third kappa shape index (κ3) is 44.9. The van der Waals surface area contributed by atoms with Crippen molar-refractivity contribution in [2.24, 2.45) is 0 Å². The SMILES string of the molecule is CCCCCCC/C=C\C/C=C\C/C=C\CCCCCCCCCCCCCCCCCCCCCCCCC(=O)NC(COC1OC(CO)C(O)C(O)C1O)C(O)/C=C/CCCCCCCCCCCCCCCC. The zero-order valence-corrected chi connectivity index (χ0v) is 49.8. The first kappa shape index (κ1) is 72.2. The molecule has 1 aliphatic heterocycles. The molecule has 6 N–H and O–H groups in total. The molecule has 1 aliphatic rings. The van der Waals surface area contributed by atoms with E-state index in [-0.39, 0.29) is 12.5 Å². The summed E-state index contributed by atoms with van der Waals surface area (Å²) < 4.78 is 11.3. The van der Waals surface area contributed by atoms with Crippen LogP contribution in [-0.2, 0) is 14.3 Å². The van der Waals surface area contributed by atoms with E-state index in [1.54, 1.807) is 6.08 Å². The first-order valence-corrected chi connectivity index (χ1v) is 32.9. The maximum Gasteiger partial charge on any atom is 0.220 e. The molecule has 0 aliphatic carbocycles. The number of hydrogen-bond donors (Lipinski definition) is 6. The number of carbonyl (C=O) groups excluding carboxylic acids is 1. The summed E-state index contributed by atoms with van der Waals surface area (Å²) in [5, 5.41) is 54.6. The van der Waals surface area contributed by atoms with Gasteiger partial charge in [0.25, 0.3) is 0 Å². The number of allylic oxidation sites excluding steroid dienone is 7. The zero-order valence-electron chi connectivity index (χ0n) is 49.8. The number of amides is 1. The molecule has 1 fully saturated rings. The Bertz CT molecular complexity index is 1340. The Hall–Kier alpha value is -1.85. The number of rotatable bonds is 57. The molecule has 1 amide bonds. The maximum absolute atomic E-state index is 13.1. The molecular weight excluding hydrogens is 947 g/mol. The first-order chi connectivity index (χ1) is 37.3. The number of carbonyl (C=O) groups is 1. The summed E-state index contributed by atoms with van der Waals surface area (Å²) >= 11 is 0. The topological polar surface area (TPSA) is 149 Å². The number of ether oxygens (including phenoxy) is 2. The predicted molar refractivity (Wildman–Crippen MR) is 323 cm³/mol. The van der Waals surface area contributed by atoms with Crippen LogP contribution in [0, 0.1) is 0 Å². The van der Waals surface area contributed by atoms with Crippen molar-refractivity contribution < 1.29 is 39.8 Å². The standard InChI is InChI=1S/C67H125NO8/c1-3-5-7-9-11-13-15-17-19-21-22-23-24-25-26-27-28-29-30-31-32-33-34-35-36-37-38-39-40-41-43-45-47-49-51-53-55-57-63(71)68-60(59-75-67-66(74)65(73)64(72)62(58-69)76-67)61(70)56-54-52-50-48-46-44-42-20-18-16-14-12-10-8-6-4-2/h15,17,21-22,24-25,54,56,60-62,64-67,69-70,72-74H,3-14,16,18-20,23,26-53,55,57-59H2,1-2H3,(H,68,71)/b17-15-,22-21-,25-24-,56-54+. The Morgan fingerprint density at radius 2 is 0.776 bits per heavy atom. The van der Waals surface area contributed by atoms with Crippen LogP contribution in [0.15, 0.2) is 48.6 Å². The minimum absolute atomic E-state index is 0.172. The molecule has 0 spiro atoms. The van der Waals surface area contributed by atoms with E-state index in [0.29, 0.717) is 6.42 Å². The van der Waals surface area contributed by atoms with Crippen LogP contribution in [0.1, 0.15) is 316 Å². The number of aliphatic hydroxyl groups is 5. The van der Waals surface area contributed by atoms with Crippen LogP contribution < -0.4 is 5.32 Å². The fraction of sp³-hybridized carbons (Fsp3) is 0.866. The lowest BCUT2D eigenvalue weighted by Gasteiger charge is -2.40. The van der Waals surface area contributed by atoms with Crippen molar-refractivity contribution in [2.45, 2.75) is 358 Å². The summed E-state index contributed by atoms with van der Waals surface area (Å²) in [6.45, 7) is 3.80. The summed E-state index contributed by atoms with van der Waals surface area (Å²) in [7, 11) is 0. The van der Waals surface area contributed by atoms with Crippen molar-refractivity contribution >= 4 is 5.91 Å². The largest absolute Gasteiger partial charge is 0.394 e. The minimum Gasteiger partial charge on any atom is -0.394 e. The highest BCUT2D eigenvalue weighted by atomic mass is 16.7. The van der Waals surface area contributed by atoms with Crippen LogP contribution in [0.5, 0.6) is 0 Å². The van der Waals surface area contributed by atoms with Crippen LogP contribution >= 0.6 is 0 Å². The summed E-state index contributed by atoms with van der Waals surface area (Å²) in [5.74, 6) is -0.172. The highest BCUT2D eigenvalue weighted by molar-refractivity contribution is 5.76. The Morgan fingerprint density at radius 1 is 0.447 bits per heavy atom. The summed E-state index contributed by atoms with van der Waals surface area (Å²) in [6.07, 6.45) is 69.2. The third-order valence-electron chi connectivity index (χ3n) is 15.6. The van der Waals surface area contributed by atoms with E-state index in [9.17, 15) is 30.3 Å². The third-order valence-corrected chi connectivity index (χ3v) is 15.6. The van der Waals surface area contributed by atoms with E-state index in [1.165, 1.54) is 244 Å². The van der Waals surface area contributed by atoms with Crippen LogP contribution in [0.3, 0.4) is 0 Å². The van der Waals surface area contributed by atoms with Crippen LogP contribution in [0.4, 0.5) is 0 Å². The van der Waals surface area contributed by atoms with Gasteiger partial charge in [-0.25, -0.2) is 0 Å². The zero-order chi connectivity index (χ0) is 55.0. The van der Waals surface area contributed by atoms with E-state index in [1.807, 2.05) is 6.08 Å². The lowest BCUT2D eigenvalue weighted by atomic mass is 9.99. The average molecular weight is 1070 g/mol. The molecule has 9 nitrogen and oxygen atoms in total. The molecule has 1 rings (SSSR count). The van der Waals surface area contributed by atoms with E-state index in [4.69, 9.17) is 9.47 Å². The molecule has 7 atom stereocenters. The number of unbranched alkanes of at least 4 members (excludes halogenated alkanes) is 41. The molecule has 446 valence electrons. The van der Waals surface area contributed by atoms with Gasteiger partial charge in [0.2, 0.25) is 5.91 Å². The van der Waals surface area contributed by atoms with Gasteiger partial charge in [0.1, 0.15) is 24.4 Å². The molecule has 76 heavy (non-hydrogen) atoms. The molecule has 9 heteroatoms. The molecule has 7 unspecified atom stereocenters. The number of aliphatic hydroxyl groups excluding tert-OH is 5. The van der Waals surface area contributed by atoms with Gasteiger partial charge in [0.05, 0.1) is 25.4 Å². The van der Waals surface area contributed by atoms with Crippen molar-refractivity contribution in [1.29, 1.82) is 0 Å². The maximum atomic E-state index is 13.1. The summed E-state index contributed by atoms with van der Waals surface area (Å²) in [5.41, 5.74) is 0. The van der Waals surface area contributed by atoms with Crippen molar-refractivity contribution in [3.8, 4) is 0 Å². The first-order valence-electron chi connectivity index (χ1n) is 32.9. The van der Waals surface area contributed by atoms with Gasteiger partial charge in [-0.15, -0.1) is 0 Å². The molecule has 0 aromatic carbocycles. The van der Waals surface area contributed by atoms with Gasteiger partial charge in [-0.3, -0.25) is 4.79 Å². The van der Waals surface area contributed by atoms with E-state index in [0.717, 1.165) is 51.4 Å². The van der Waals surface area contributed by atoms with Crippen molar-refractivity contribution in [3.63, 3.8) is 0 Å². The lowest BCUT2D eigenvalue weighted by Crippen LogP contribution is -2.60. The molecule has 0 bridgehead atoms. The lowest BCUT2D eigenvalue weighted by molar-refractivity contribution is -0.302. The molecule has 0 aromatic rings. The van der Waals surface area contributed by atoms with Crippen molar-refractivity contribution in [1.82, 2.24) is 5.32 Å². The number of hydrogen-bond acceptors (Lipinski definition) is 8. The molecule has 0 radical (unpaired) electrons. The number of nitrogens with one attached hydrogen (secondary N) is 1. The van der Waals surface area contributed by atoms with E-state index < -0.39 is 49.5 Å². The second kappa shape index (κ2) is 56.4. The second-order valence-corrected chi connectivity index (χ2v) is 22.9. The second-order valence-electron chi connectivity index (χ2n) is 22.9. The normalized spacial score (nSPS) is 19.1. The highest BCUT2D eigenvalue weighted by Gasteiger charge is 2.44. The quantitative estimate of drug-likeness (QED) is 0.0261. The van der Waals surface area contributed by atoms with Crippen molar-refractivity contribution in [2.75, 3.05) is 13.2 Å². The molecule has 0 saturated carbocycles.